The number of rotatable bonds is 3. The van der Waals surface area contributed by atoms with Crippen molar-refractivity contribution in [3.8, 4) is 10.7 Å². The second-order valence-electron chi connectivity index (χ2n) is 4.92. The molecule has 0 spiro atoms. The summed E-state index contributed by atoms with van der Waals surface area (Å²) in [5.41, 5.74) is 1.05. The van der Waals surface area contributed by atoms with Crippen LogP contribution in [0.2, 0.25) is 0 Å². The first-order valence-corrected chi connectivity index (χ1v) is 8.52. The molecule has 0 fully saturated rings. The molecule has 0 atom stereocenters. The molecule has 4 aromatic rings. The van der Waals surface area contributed by atoms with Crippen molar-refractivity contribution in [3.63, 3.8) is 0 Å². The van der Waals surface area contributed by atoms with E-state index in [0.717, 1.165) is 4.73 Å². The van der Waals surface area contributed by atoms with Crippen LogP contribution in [0.15, 0.2) is 53.2 Å². The average molecular weight is 342 g/mol. The van der Waals surface area contributed by atoms with Crippen molar-refractivity contribution in [2.75, 3.05) is 0 Å². The molecule has 4 rings (SSSR count). The van der Waals surface area contributed by atoms with E-state index in [1.54, 1.807) is 24.3 Å². The molecule has 5 nitrogen and oxygen atoms in total. The lowest BCUT2D eigenvalue weighted by atomic mass is 10.1. The number of fused-ring (bicyclic) bond motifs is 1. The molecule has 3 heterocycles. The van der Waals surface area contributed by atoms with Gasteiger partial charge in [-0.25, -0.2) is 4.73 Å². The summed E-state index contributed by atoms with van der Waals surface area (Å²) in [5, 5.41) is 26.5. The zero-order valence-electron chi connectivity index (χ0n) is 11.7. The Morgan fingerprint density at radius 2 is 1.91 bits per heavy atom. The maximum atomic E-state index is 12.5. The minimum Gasteiger partial charge on any atom is -0.710 e. The Kier molecular flexibility index (Phi) is 3.17. The maximum absolute atomic E-state index is 12.5. The van der Waals surface area contributed by atoms with Crippen LogP contribution in [0, 0.1) is 5.21 Å². The Hall–Kier alpha value is -2.64. The minimum absolute atomic E-state index is 0.134. The zero-order chi connectivity index (χ0) is 16.0. The van der Waals surface area contributed by atoms with E-state index < -0.39 is 0 Å². The highest BCUT2D eigenvalue weighted by Crippen LogP contribution is 2.26. The van der Waals surface area contributed by atoms with Crippen LogP contribution in [0.3, 0.4) is 0 Å². The van der Waals surface area contributed by atoms with Crippen LogP contribution in [-0.4, -0.2) is 15.7 Å². The number of benzene rings is 1. The fraction of sp³-hybridized carbons (Fsp3) is 0. The highest BCUT2D eigenvalue weighted by Gasteiger charge is 2.25. The monoisotopic (exact) mass is 342 g/mol. The van der Waals surface area contributed by atoms with Gasteiger partial charge in [0.1, 0.15) is 4.88 Å². The Bertz CT molecular complexity index is 1000. The van der Waals surface area contributed by atoms with E-state index >= 15 is 0 Å². The fourth-order valence-corrected chi connectivity index (χ4v) is 3.90. The summed E-state index contributed by atoms with van der Waals surface area (Å²) >= 11 is 2.72. The SMILES string of the molecule is O=C(c1ccc2c(c1)[n+]([O-])c(-c1cccs1)n2O)c1cccs1. The molecule has 0 bridgehead atoms. The Balaban J connectivity index is 1.90. The molecule has 0 aliphatic heterocycles. The standard InChI is InChI=1S/C16H10N2O3S2/c19-15(13-3-1-7-22-13)10-5-6-11-12(9-10)18(21)16(17(11)20)14-4-2-8-23-14/h1-9,20H. The Morgan fingerprint density at radius 3 is 2.61 bits per heavy atom. The molecular weight excluding hydrogens is 332 g/mol. The van der Waals surface area contributed by atoms with Gasteiger partial charge in [0.15, 0.2) is 5.52 Å². The lowest BCUT2D eigenvalue weighted by Gasteiger charge is -2.02. The van der Waals surface area contributed by atoms with Crippen LogP contribution in [0.1, 0.15) is 15.2 Å². The Morgan fingerprint density at radius 1 is 1.13 bits per heavy atom. The first-order chi connectivity index (χ1) is 11.2. The third-order valence-corrected chi connectivity index (χ3v) is 5.30. The van der Waals surface area contributed by atoms with Crippen LogP contribution < -0.4 is 4.73 Å². The molecule has 0 saturated carbocycles. The normalized spacial score (nSPS) is 11.1. The first kappa shape index (κ1) is 14.0. The van der Waals surface area contributed by atoms with Crippen molar-refractivity contribution in [1.29, 1.82) is 0 Å². The number of carbonyl (C=O) groups excluding carboxylic acids is 1. The number of aromatic nitrogens is 2. The number of ketones is 1. The highest BCUT2D eigenvalue weighted by molar-refractivity contribution is 7.13. The van der Waals surface area contributed by atoms with E-state index in [-0.39, 0.29) is 17.1 Å². The van der Waals surface area contributed by atoms with Crippen LogP contribution in [0.5, 0.6) is 0 Å². The van der Waals surface area contributed by atoms with Gasteiger partial charge in [0.25, 0.3) is 0 Å². The van der Waals surface area contributed by atoms with Gasteiger partial charge in [0.05, 0.1) is 4.88 Å². The number of carbonyl (C=O) groups is 1. The summed E-state index contributed by atoms with van der Waals surface area (Å²) in [6.45, 7) is 0. The topological polar surface area (TPSA) is 69.2 Å². The predicted octanol–water partition coefficient (Wildman–Crippen LogP) is 3.53. The van der Waals surface area contributed by atoms with Gasteiger partial charge in [-0.3, -0.25) is 4.79 Å². The molecular formula is C16H10N2O3S2. The van der Waals surface area contributed by atoms with E-state index in [1.165, 1.54) is 28.7 Å². The molecule has 1 N–H and O–H groups in total. The summed E-state index contributed by atoms with van der Waals surface area (Å²) in [6, 6.07) is 11.9. The smallest absolute Gasteiger partial charge is 0.342 e. The predicted molar refractivity (Wildman–Crippen MR) is 89.1 cm³/mol. The molecule has 114 valence electrons. The molecule has 3 aromatic heterocycles. The summed E-state index contributed by atoms with van der Waals surface area (Å²) in [4.78, 5) is 13.7. The molecule has 23 heavy (non-hydrogen) atoms. The van der Waals surface area contributed by atoms with Crippen molar-refractivity contribution in [2.24, 2.45) is 0 Å². The van der Waals surface area contributed by atoms with Gasteiger partial charge in [-0.15, -0.1) is 22.7 Å². The van der Waals surface area contributed by atoms with Crippen molar-refractivity contribution >= 4 is 39.5 Å². The quantitative estimate of drug-likeness (QED) is 0.268. The lowest BCUT2D eigenvalue weighted by molar-refractivity contribution is -0.567. The lowest BCUT2D eigenvalue weighted by Crippen LogP contribution is -2.27. The number of nitrogens with zero attached hydrogens (tertiary/aromatic N) is 2. The Labute approximate surface area is 138 Å². The van der Waals surface area contributed by atoms with Gasteiger partial charge in [-0.05, 0) is 39.8 Å². The second kappa shape index (κ2) is 5.22. The van der Waals surface area contributed by atoms with Gasteiger partial charge in [0, 0.05) is 11.6 Å². The molecule has 0 aliphatic carbocycles. The van der Waals surface area contributed by atoms with Crippen molar-refractivity contribution < 1.29 is 14.7 Å². The summed E-state index contributed by atoms with van der Waals surface area (Å²) in [5.74, 6) is 0.0148. The molecule has 7 heteroatoms. The molecule has 1 aromatic carbocycles. The number of imidazole rings is 1. The second-order valence-corrected chi connectivity index (χ2v) is 6.81. The summed E-state index contributed by atoms with van der Waals surface area (Å²) < 4.78 is 1.53. The van der Waals surface area contributed by atoms with E-state index in [4.69, 9.17) is 0 Å². The van der Waals surface area contributed by atoms with Crippen molar-refractivity contribution in [3.05, 3.63) is 68.9 Å². The van der Waals surface area contributed by atoms with Crippen LogP contribution in [0.4, 0.5) is 0 Å². The average Bonchev–Trinajstić information content (AvgIpc) is 3.29. The van der Waals surface area contributed by atoms with Crippen LogP contribution in [0.25, 0.3) is 21.7 Å². The van der Waals surface area contributed by atoms with Crippen LogP contribution in [-0.2, 0) is 0 Å². The summed E-state index contributed by atoms with van der Waals surface area (Å²) in [7, 11) is 0. The van der Waals surface area contributed by atoms with Crippen molar-refractivity contribution in [2.45, 2.75) is 0 Å². The molecule has 0 saturated heterocycles. The number of thiophene rings is 2. The van der Waals surface area contributed by atoms with Crippen molar-refractivity contribution in [1.82, 2.24) is 4.73 Å². The zero-order valence-corrected chi connectivity index (χ0v) is 13.3. The van der Waals surface area contributed by atoms with E-state index in [2.05, 4.69) is 0 Å². The molecule has 0 unspecified atom stereocenters. The summed E-state index contributed by atoms with van der Waals surface area (Å²) in [6.07, 6.45) is 0. The van der Waals surface area contributed by atoms with E-state index in [1.807, 2.05) is 22.9 Å². The molecule has 0 aliphatic rings. The minimum atomic E-state index is -0.134. The third-order valence-electron chi connectivity index (χ3n) is 3.56. The maximum Gasteiger partial charge on any atom is 0.342 e. The number of hydrogen-bond donors (Lipinski definition) is 1. The fourth-order valence-electron chi connectivity index (χ4n) is 2.48. The highest BCUT2D eigenvalue weighted by atomic mass is 32.1. The van der Waals surface area contributed by atoms with Crippen LogP contribution >= 0.6 is 22.7 Å². The van der Waals surface area contributed by atoms with Gasteiger partial charge >= 0.3 is 5.82 Å². The van der Waals surface area contributed by atoms with Gasteiger partial charge in [0.2, 0.25) is 11.3 Å². The third kappa shape index (κ3) is 2.13. The van der Waals surface area contributed by atoms with E-state index in [0.29, 0.717) is 25.6 Å². The van der Waals surface area contributed by atoms with Gasteiger partial charge < -0.3 is 10.4 Å². The first-order valence-electron chi connectivity index (χ1n) is 6.76. The largest absolute Gasteiger partial charge is 0.710 e. The molecule has 0 amide bonds. The van der Waals surface area contributed by atoms with Gasteiger partial charge in [-0.1, -0.05) is 12.1 Å². The number of hydrogen-bond acceptors (Lipinski definition) is 5. The van der Waals surface area contributed by atoms with Gasteiger partial charge in [-0.2, -0.15) is 0 Å². The molecule has 0 radical (unpaired) electrons. The van der Waals surface area contributed by atoms with E-state index in [9.17, 15) is 15.2 Å².